The highest BCUT2D eigenvalue weighted by molar-refractivity contribution is 5.76. The van der Waals surface area contributed by atoms with Gasteiger partial charge in [0.05, 0.1) is 25.4 Å². The molecule has 0 aliphatic heterocycles. The van der Waals surface area contributed by atoms with Crippen molar-refractivity contribution in [3.63, 3.8) is 0 Å². The molecule has 6 nitrogen and oxygen atoms in total. The number of esters is 1. The zero-order valence-corrected chi connectivity index (χ0v) is 41.1. The summed E-state index contributed by atoms with van der Waals surface area (Å²) < 4.78 is 5.47. The molecule has 0 aliphatic rings. The number of unbranched alkanes of at least 4 members (excludes halogenated alkanes) is 32. The van der Waals surface area contributed by atoms with Crippen LogP contribution in [0.5, 0.6) is 0 Å². The number of aliphatic hydroxyl groups is 2. The maximum atomic E-state index is 12.4. The fourth-order valence-corrected chi connectivity index (χ4v) is 7.89. The summed E-state index contributed by atoms with van der Waals surface area (Å²) in [6, 6.07) is -0.639. The summed E-state index contributed by atoms with van der Waals surface area (Å²) in [5.41, 5.74) is 0. The molecule has 0 fully saturated rings. The fraction of sp³-hybridized carbons (Fsp3) is 0.821. The number of carbonyl (C=O) groups is 2. The van der Waals surface area contributed by atoms with Gasteiger partial charge in [-0.25, -0.2) is 0 Å². The molecule has 0 aliphatic carbocycles. The van der Waals surface area contributed by atoms with Crippen LogP contribution in [-0.4, -0.2) is 47.4 Å². The predicted molar refractivity (Wildman–Crippen MR) is 269 cm³/mol. The number of hydrogen-bond donors (Lipinski definition) is 3. The zero-order chi connectivity index (χ0) is 45.1. The molecule has 0 saturated carbocycles. The van der Waals surface area contributed by atoms with Gasteiger partial charge in [-0.3, -0.25) is 9.59 Å². The second-order valence-electron chi connectivity index (χ2n) is 18.2. The molecule has 0 aromatic rings. The number of carbonyl (C=O) groups excluding carboxylic acids is 2. The molecule has 1 amide bonds. The number of allylic oxidation sites excluding steroid dienone is 7. The van der Waals surface area contributed by atoms with Crippen molar-refractivity contribution >= 4 is 11.9 Å². The van der Waals surface area contributed by atoms with Gasteiger partial charge in [-0.05, 0) is 89.9 Å². The van der Waals surface area contributed by atoms with Gasteiger partial charge in [-0.15, -0.1) is 0 Å². The van der Waals surface area contributed by atoms with Crippen molar-refractivity contribution in [3.05, 3.63) is 48.6 Å². The van der Waals surface area contributed by atoms with Gasteiger partial charge in [0.1, 0.15) is 0 Å². The van der Waals surface area contributed by atoms with Gasteiger partial charge < -0.3 is 20.3 Å². The first-order valence-electron chi connectivity index (χ1n) is 26.9. The van der Waals surface area contributed by atoms with Crippen LogP contribution in [0.1, 0.15) is 271 Å². The largest absolute Gasteiger partial charge is 0.466 e. The molecule has 0 radical (unpaired) electrons. The molecule has 3 N–H and O–H groups in total. The highest BCUT2D eigenvalue weighted by Crippen LogP contribution is 2.15. The monoisotopic (exact) mass is 870 g/mol. The second kappa shape index (κ2) is 51.5. The zero-order valence-electron chi connectivity index (χ0n) is 41.1. The Labute approximate surface area is 385 Å². The molecule has 2 unspecified atom stereocenters. The van der Waals surface area contributed by atoms with E-state index in [1.165, 1.54) is 173 Å². The lowest BCUT2D eigenvalue weighted by Gasteiger charge is -2.20. The van der Waals surface area contributed by atoms with E-state index < -0.39 is 12.1 Å². The van der Waals surface area contributed by atoms with Crippen LogP contribution in [0.4, 0.5) is 0 Å². The van der Waals surface area contributed by atoms with Crippen LogP contribution in [-0.2, 0) is 14.3 Å². The molecule has 0 rings (SSSR count). The van der Waals surface area contributed by atoms with Crippen LogP contribution in [0, 0.1) is 0 Å². The van der Waals surface area contributed by atoms with Gasteiger partial charge >= 0.3 is 5.97 Å². The summed E-state index contributed by atoms with van der Waals surface area (Å²) in [6.45, 7) is 4.82. The third-order valence-electron chi connectivity index (χ3n) is 12.1. The van der Waals surface area contributed by atoms with Crippen LogP contribution in [0.3, 0.4) is 0 Å². The summed E-state index contributed by atoms with van der Waals surface area (Å²) in [7, 11) is 0. The number of hydrogen-bond acceptors (Lipinski definition) is 5. The third kappa shape index (κ3) is 47.3. The molecule has 0 aromatic carbocycles. The van der Waals surface area contributed by atoms with Crippen molar-refractivity contribution in [3.8, 4) is 0 Å². The Morgan fingerprint density at radius 3 is 1.27 bits per heavy atom. The van der Waals surface area contributed by atoms with Crippen molar-refractivity contribution in [1.82, 2.24) is 5.32 Å². The molecule has 0 spiro atoms. The Balaban J connectivity index is 3.46. The van der Waals surface area contributed by atoms with Crippen LogP contribution >= 0.6 is 0 Å². The molecule has 0 bridgehead atoms. The number of rotatable bonds is 49. The first-order valence-corrected chi connectivity index (χ1v) is 26.9. The lowest BCUT2D eigenvalue weighted by Crippen LogP contribution is -2.45. The van der Waals surface area contributed by atoms with E-state index in [4.69, 9.17) is 4.74 Å². The van der Waals surface area contributed by atoms with E-state index in [1.54, 1.807) is 6.08 Å². The number of aliphatic hydroxyl groups excluding tert-OH is 2. The molecule has 362 valence electrons. The fourth-order valence-electron chi connectivity index (χ4n) is 7.89. The normalized spacial score (nSPS) is 13.0. The quantitative estimate of drug-likeness (QED) is 0.0322. The van der Waals surface area contributed by atoms with E-state index in [9.17, 15) is 19.8 Å². The van der Waals surface area contributed by atoms with Crippen molar-refractivity contribution in [2.45, 2.75) is 283 Å². The summed E-state index contributed by atoms with van der Waals surface area (Å²) in [6.07, 6.45) is 64.1. The van der Waals surface area contributed by atoms with Crippen molar-refractivity contribution < 1.29 is 24.5 Å². The molecule has 2 atom stereocenters. The second-order valence-corrected chi connectivity index (χ2v) is 18.2. The lowest BCUT2D eigenvalue weighted by molar-refractivity contribution is -0.143. The van der Waals surface area contributed by atoms with E-state index in [1.807, 2.05) is 6.08 Å². The first-order chi connectivity index (χ1) is 30.5. The van der Waals surface area contributed by atoms with Crippen LogP contribution in [0.15, 0.2) is 48.6 Å². The van der Waals surface area contributed by atoms with Crippen LogP contribution in [0.2, 0.25) is 0 Å². The molecular weight excluding hydrogens is 767 g/mol. The van der Waals surface area contributed by atoms with Crippen molar-refractivity contribution in [2.75, 3.05) is 13.2 Å². The third-order valence-corrected chi connectivity index (χ3v) is 12.1. The van der Waals surface area contributed by atoms with Gasteiger partial charge in [0.25, 0.3) is 0 Å². The smallest absolute Gasteiger partial charge is 0.305 e. The number of amides is 1. The SMILES string of the molecule is CCCCC/C=C\C/C=C\CCCCCCCCCCCC(=O)OCCCCCCCCC/C=C\CCCCCCCC(=O)NC(CO)C(O)/C=C/CCCCCCCCCC. The standard InChI is InChI=1S/C56H103NO5/c1-3-5-7-9-11-13-15-16-17-18-19-20-24-27-30-34-38-42-46-50-56(61)62-51-47-43-39-35-31-28-25-22-21-23-26-29-33-37-41-45-49-55(60)57-53(52-58)54(59)48-44-40-36-32-14-12-10-8-6-4-2/h11,13,16-17,21,23,44,48,53-54,58-59H,3-10,12,14-15,18-20,22,24-43,45-47,49-52H2,1-2H3,(H,57,60)/b13-11-,17-16-,23-21-,48-44+. The molecular formula is C56H103NO5. The molecule has 0 saturated heterocycles. The topological polar surface area (TPSA) is 95.9 Å². The number of nitrogens with one attached hydrogen (secondary N) is 1. The molecule has 62 heavy (non-hydrogen) atoms. The van der Waals surface area contributed by atoms with E-state index >= 15 is 0 Å². The van der Waals surface area contributed by atoms with Crippen molar-refractivity contribution in [1.29, 1.82) is 0 Å². The van der Waals surface area contributed by atoms with Gasteiger partial charge in [-0.2, -0.15) is 0 Å². The first kappa shape index (κ1) is 59.8. The minimum absolute atomic E-state index is 0.00868. The maximum absolute atomic E-state index is 12.4. The molecule has 6 heteroatoms. The average molecular weight is 870 g/mol. The van der Waals surface area contributed by atoms with E-state index in [2.05, 4.69) is 55.6 Å². The highest BCUT2D eigenvalue weighted by Gasteiger charge is 2.18. The lowest BCUT2D eigenvalue weighted by atomic mass is 10.1. The Morgan fingerprint density at radius 2 is 0.806 bits per heavy atom. The van der Waals surface area contributed by atoms with Gasteiger partial charge in [0, 0.05) is 12.8 Å². The molecule has 0 aromatic heterocycles. The summed E-state index contributed by atoms with van der Waals surface area (Å²) in [5.74, 6) is -0.0970. The molecule has 0 heterocycles. The highest BCUT2D eigenvalue weighted by atomic mass is 16.5. The van der Waals surface area contributed by atoms with E-state index in [-0.39, 0.29) is 18.5 Å². The van der Waals surface area contributed by atoms with Crippen molar-refractivity contribution in [2.24, 2.45) is 0 Å². The Morgan fingerprint density at radius 1 is 0.452 bits per heavy atom. The van der Waals surface area contributed by atoms with E-state index in [0.717, 1.165) is 70.6 Å². The summed E-state index contributed by atoms with van der Waals surface area (Å²) >= 11 is 0. The summed E-state index contributed by atoms with van der Waals surface area (Å²) in [5, 5.41) is 22.9. The minimum atomic E-state index is -0.854. The Kier molecular flexibility index (Phi) is 49.6. The van der Waals surface area contributed by atoms with Gasteiger partial charge in [-0.1, -0.05) is 217 Å². The van der Waals surface area contributed by atoms with Gasteiger partial charge in [0.15, 0.2) is 0 Å². The number of ether oxygens (including phenoxy) is 1. The predicted octanol–water partition coefficient (Wildman–Crippen LogP) is 16.2. The van der Waals surface area contributed by atoms with Crippen LogP contribution in [0.25, 0.3) is 0 Å². The van der Waals surface area contributed by atoms with Crippen LogP contribution < -0.4 is 5.32 Å². The Hall–Kier alpha value is -2.18. The Bertz CT molecular complexity index is 1050. The minimum Gasteiger partial charge on any atom is -0.466 e. The van der Waals surface area contributed by atoms with Gasteiger partial charge in [0.2, 0.25) is 5.91 Å². The van der Waals surface area contributed by atoms with E-state index in [0.29, 0.717) is 19.4 Å². The maximum Gasteiger partial charge on any atom is 0.305 e. The average Bonchev–Trinajstić information content (AvgIpc) is 3.27. The summed E-state index contributed by atoms with van der Waals surface area (Å²) in [4.78, 5) is 24.4.